The van der Waals surface area contributed by atoms with Crippen LogP contribution in [0.1, 0.15) is 72.1 Å². The van der Waals surface area contributed by atoms with E-state index in [1.165, 1.54) is 53.6 Å². The van der Waals surface area contributed by atoms with E-state index in [4.69, 9.17) is 0 Å². The minimum atomic E-state index is -0.214. The fraction of sp³-hybridized carbons (Fsp3) is 0.519. The predicted molar refractivity (Wildman–Crippen MR) is 129 cm³/mol. The second-order valence-electron chi connectivity index (χ2n) is 9.15. The van der Waals surface area contributed by atoms with Gasteiger partial charge in [-0.2, -0.15) is 0 Å². The molecular formula is C27H38N2O2. The first-order valence-electron chi connectivity index (χ1n) is 11.9. The molecule has 2 N–H and O–H groups in total. The number of benzene rings is 2. The Morgan fingerprint density at radius 3 is 2.68 bits per heavy atom. The molecule has 168 valence electrons. The number of nitrogens with zero attached hydrogens (tertiary/aromatic N) is 1. The maximum atomic E-state index is 12.5. The van der Waals surface area contributed by atoms with E-state index < -0.39 is 0 Å². The summed E-state index contributed by atoms with van der Waals surface area (Å²) in [4.78, 5) is 15.1. The van der Waals surface area contributed by atoms with E-state index in [-0.39, 0.29) is 11.7 Å². The molecule has 4 heteroatoms. The van der Waals surface area contributed by atoms with Gasteiger partial charge in [-0.1, -0.05) is 51.3 Å². The maximum Gasteiger partial charge on any atom is 0.255 e. The lowest BCUT2D eigenvalue weighted by atomic mass is 9.91. The summed E-state index contributed by atoms with van der Waals surface area (Å²) >= 11 is 0. The second kappa shape index (κ2) is 10.7. The summed E-state index contributed by atoms with van der Waals surface area (Å²) < 4.78 is 0. The normalized spacial score (nSPS) is 13.9. The van der Waals surface area contributed by atoms with Crippen molar-refractivity contribution in [1.29, 1.82) is 0 Å². The Morgan fingerprint density at radius 1 is 1.16 bits per heavy atom. The van der Waals surface area contributed by atoms with Crippen LogP contribution in [0.2, 0.25) is 0 Å². The zero-order valence-corrected chi connectivity index (χ0v) is 19.6. The van der Waals surface area contributed by atoms with Gasteiger partial charge in [0.25, 0.3) is 5.91 Å². The van der Waals surface area contributed by atoms with Crippen molar-refractivity contribution >= 4 is 11.6 Å². The van der Waals surface area contributed by atoms with Crippen molar-refractivity contribution in [3.8, 4) is 5.75 Å². The maximum absolute atomic E-state index is 12.5. The number of fused-ring (bicyclic) bond motifs is 1. The molecule has 2 aromatic carbocycles. The van der Waals surface area contributed by atoms with Gasteiger partial charge in [-0.25, -0.2) is 0 Å². The van der Waals surface area contributed by atoms with E-state index >= 15 is 0 Å². The Bertz CT molecular complexity index is 906. The number of rotatable bonds is 10. The first-order valence-corrected chi connectivity index (χ1v) is 11.9. The first kappa shape index (κ1) is 23.2. The number of para-hydroxylation sites is 1. The highest BCUT2D eigenvalue weighted by Crippen LogP contribution is 2.37. The number of phenols is 1. The number of amides is 1. The summed E-state index contributed by atoms with van der Waals surface area (Å²) in [5.41, 5.74) is 7.52. The van der Waals surface area contributed by atoms with Gasteiger partial charge in [-0.05, 0) is 73.4 Å². The molecule has 4 nitrogen and oxygen atoms in total. The highest BCUT2D eigenvalue weighted by atomic mass is 16.3. The molecule has 1 aliphatic rings. The Balaban J connectivity index is 1.69. The van der Waals surface area contributed by atoms with Crippen LogP contribution in [0.15, 0.2) is 30.3 Å². The summed E-state index contributed by atoms with van der Waals surface area (Å²) in [5.74, 6) is 0.120. The number of phenolic OH excluding ortho intramolecular Hbond substituents is 1. The van der Waals surface area contributed by atoms with Crippen LogP contribution in [-0.2, 0) is 12.8 Å². The highest BCUT2D eigenvalue weighted by Gasteiger charge is 2.26. The molecule has 0 saturated carbocycles. The van der Waals surface area contributed by atoms with Crippen LogP contribution in [0.4, 0.5) is 5.69 Å². The van der Waals surface area contributed by atoms with Crippen LogP contribution in [-0.4, -0.2) is 30.6 Å². The van der Waals surface area contributed by atoms with Crippen molar-refractivity contribution < 1.29 is 9.90 Å². The van der Waals surface area contributed by atoms with Crippen molar-refractivity contribution in [2.45, 2.75) is 66.2 Å². The van der Waals surface area contributed by atoms with Crippen molar-refractivity contribution in [3.05, 3.63) is 58.1 Å². The molecule has 1 atom stereocenters. The average molecular weight is 423 g/mol. The minimum absolute atomic E-state index is 0.0265. The third-order valence-electron chi connectivity index (χ3n) is 6.50. The van der Waals surface area contributed by atoms with E-state index in [2.05, 4.69) is 44.0 Å². The summed E-state index contributed by atoms with van der Waals surface area (Å²) in [6.45, 7) is 11.8. The van der Waals surface area contributed by atoms with Crippen molar-refractivity contribution in [3.63, 3.8) is 0 Å². The van der Waals surface area contributed by atoms with Gasteiger partial charge in [0.05, 0.1) is 5.56 Å². The molecule has 1 heterocycles. The number of nitrogens with one attached hydrogen (secondary N) is 1. The fourth-order valence-corrected chi connectivity index (χ4v) is 4.77. The topological polar surface area (TPSA) is 52.6 Å². The van der Waals surface area contributed by atoms with Crippen molar-refractivity contribution in [1.82, 2.24) is 5.32 Å². The number of carbonyl (C=O) groups excluding carboxylic acids is 1. The fourth-order valence-electron chi connectivity index (χ4n) is 4.77. The smallest absolute Gasteiger partial charge is 0.255 e. The van der Waals surface area contributed by atoms with E-state index in [0.29, 0.717) is 18.0 Å². The van der Waals surface area contributed by atoms with E-state index in [0.717, 1.165) is 25.9 Å². The summed E-state index contributed by atoms with van der Waals surface area (Å²) in [6, 6.07) is 9.03. The molecule has 0 saturated heterocycles. The SMILES string of the molecule is CCCCCCN1CCc2c(C)cc(C)c(CC(C)CNC(=O)c3ccccc3O)c21. The van der Waals surface area contributed by atoms with Gasteiger partial charge in [0.2, 0.25) is 0 Å². The number of aromatic hydroxyl groups is 1. The van der Waals surface area contributed by atoms with Gasteiger partial charge >= 0.3 is 0 Å². The molecule has 3 rings (SSSR count). The number of anilines is 1. The van der Waals surface area contributed by atoms with E-state index in [9.17, 15) is 9.90 Å². The zero-order valence-electron chi connectivity index (χ0n) is 19.6. The summed E-state index contributed by atoms with van der Waals surface area (Å²) in [7, 11) is 0. The molecule has 1 unspecified atom stereocenters. The third-order valence-corrected chi connectivity index (χ3v) is 6.50. The van der Waals surface area contributed by atoms with Gasteiger partial charge in [0.15, 0.2) is 0 Å². The molecule has 0 bridgehead atoms. The third kappa shape index (κ3) is 5.61. The number of aryl methyl sites for hydroxylation is 2. The van der Waals surface area contributed by atoms with Crippen LogP contribution in [0, 0.1) is 19.8 Å². The largest absolute Gasteiger partial charge is 0.507 e. The number of hydrogen-bond donors (Lipinski definition) is 2. The molecule has 0 aromatic heterocycles. The van der Waals surface area contributed by atoms with Crippen LogP contribution in [0.5, 0.6) is 5.75 Å². The van der Waals surface area contributed by atoms with Gasteiger partial charge in [-0.3, -0.25) is 4.79 Å². The molecule has 0 radical (unpaired) electrons. The molecule has 0 fully saturated rings. The van der Waals surface area contributed by atoms with E-state index in [1.54, 1.807) is 24.3 Å². The lowest BCUT2D eigenvalue weighted by Gasteiger charge is -2.26. The highest BCUT2D eigenvalue weighted by molar-refractivity contribution is 5.96. The zero-order chi connectivity index (χ0) is 22.4. The molecule has 2 aromatic rings. The Morgan fingerprint density at radius 2 is 1.94 bits per heavy atom. The lowest BCUT2D eigenvalue weighted by Crippen LogP contribution is -2.29. The number of hydrogen-bond acceptors (Lipinski definition) is 3. The minimum Gasteiger partial charge on any atom is -0.507 e. The van der Waals surface area contributed by atoms with Gasteiger partial charge in [0, 0.05) is 25.3 Å². The monoisotopic (exact) mass is 422 g/mol. The Kier molecular flexibility index (Phi) is 8.00. The molecule has 1 aliphatic heterocycles. The van der Waals surface area contributed by atoms with Crippen LogP contribution in [0.3, 0.4) is 0 Å². The van der Waals surface area contributed by atoms with Crippen molar-refractivity contribution in [2.24, 2.45) is 5.92 Å². The predicted octanol–water partition coefficient (Wildman–Crippen LogP) is 5.56. The summed E-state index contributed by atoms with van der Waals surface area (Å²) in [5, 5.41) is 12.9. The Labute approximate surface area is 187 Å². The first-order chi connectivity index (χ1) is 14.9. The Hall–Kier alpha value is -2.49. The number of carbonyl (C=O) groups is 1. The van der Waals surface area contributed by atoms with Gasteiger partial charge in [-0.15, -0.1) is 0 Å². The van der Waals surface area contributed by atoms with Crippen LogP contribution >= 0.6 is 0 Å². The molecule has 0 aliphatic carbocycles. The summed E-state index contributed by atoms with van der Waals surface area (Å²) in [6.07, 6.45) is 7.23. The second-order valence-corrected chi connectivity index (χ2v) is 9.15. The quantitative estimate of drug-likeness (QED) is 0.493. The standard InChI is InChI=1S/C27H38N2O2/c1-5-6-7-10-14-29-15-13-22-20(3)17-21(4)24(26(22)29)16-19(2)18-28-27(31)23-11-8-9-12-25(23)30/h8-9,11-12,17,19,30H,5-7,10,13-16,18H2,1-4H3,(H,28,31). The lowest BCUT2D eigenvalue weighted by molar-refractivity contribution is 0.0945. The van der Waals surface area contributed by atoms with Gasteiger partial charge < -0.3 is 15.3 Å². The van der Waals surface area contributed by atoms with Gasteiger partial charge in [0.1, 0.15) is 5.75 Å². The number of unbranched alkanes of at least 4 members (excludes halogenated alkanes) is 3. The van der Waals surface area contributed by atoms with Crippen LogP contribution < -0.4 is 10.2 Å². The van der Waals surface area contributed by atoms with Crippen molar-refractivity contribution in [2.75, 3.05) is 24.5 Å². The molecule has 31 heavy (non-hydrogen) atoms. The molecule has 1 amide bonds. The molecule has 0 spiro atoms. The molecular weight excluding hydrogens is 384 g/mol. The average Bonchev–Trinajstić information content (AvgIpc) is 3.17. The van der Waals surface area contributed by atoms with E-state index in [1.807, 2.05) is 0 Å². The van der Waals surface area contributed by atoms with Crippen LogP contribution in [0.25, 0.3) is 0 Å².